The van der Waals surface area contributed by atoms with Crippen LogP contribution in [0.25, 0.3) is 16.3 Å². The fourth-order valence-electron chi connectivity index (χ4n) is 1.50. The number of rotatable bonds is 1. The molecule has 0 spiro atoms. The molecule has 0 bridgehead atoms. The van der Waals surface area contributed by atoms with Crippen LogP contribution in [0.1, 0.15) is 5.69 Å². The van der Waals surface area contributed by atoms with Gasteiger partial charge >= 0.3 is 0 Å². The predicted octanol–water partition coefficient (Wildman–Crippen LogP) is 2.77. The van der Waals surface area contributed by atoms with Crippen LogP contribution >= 0.6 is 11.3 Å². The summed E-state index contributed by atoms with van der Waals surface area (Å²) in [5.74, 6) is 0.797. The Morgan fingerprint density at radius 3 is 2.73 bits per heavy atom. The molecule has 0 aliphatic carbocycles. The number of nitrogens with zero attached hydrogens (tertiary/aromatic N) is 3. The molecule has 0 aliphatic rings. The quantitative estimate of drug-likeness (QED) is 0.624. The van der Waals surface area contributed by atoms with Gasteiger partial charge in [-0.25, -0.2) is 4.52 Å². The zero-order valence-corrected chi connectivity index (χ0v) is 9.03. The number of benzene rings is 1. The van der Waals surface area contributed by atoms with Gasteiger partial charge in [-0.1, -0.05) is 30.3 Å². The van der Waals surface area contributed by atoms with E-state index in [0.717, 1.165) is 22.0 Å². The van der Waals surface area contributed by atoms with E-state index in [1.165, 1.54) is 0 Å². The molecule has 0 radical (unpaired) electrons. The molecule has 4 heteroatoms. The van der Waals surface area contributed by atoms with E-state index in [2.05, 4.69) is 15.5 Å². The lowest BCUT2D eigenvalue weighted by atomic mass is 10.2. The van der Waals surface area contributed by atoms with E-state index >= 15 is 0 Å². The molecular formula is C11H9N3S. The topological polar surface area (TPSA) is 30.2 Å². The summed E-state index contributed by atoms with van der Waals surface area (Å²) in [6.07, 6.45) is 0. The SMILES string of the molecule is Cc1csc2nc(-c3ccccc3)nn12. The predicted molar refractivity (Wildman–Crippen MR) is 61.0 cm³/mol. The van der Waals surface area contributed by atoms with E-state index in [-0.39, 0.29) is 0 Å². The van der Waals surface area contributed by atoms with Crippen molar-refractivity contribution in [3.8, 4) is 11.4 Å². The first-order valence-corrected chi connectivity index (χ1v) is 5.59. The molecule has 0 atom stereocenters. The summed E-state index contributed by atoms with van der Waals surface area (Å²) < 4.78 is 1.88. The maximum Gasteiger partial charge on any atom is 0.212 e. The summed E-state index contributed by atoms with van der Waals surface area (Å²) >= 11 is 1.62. The van der Waals surface area contributed by atoms with Gasteiger partial charge in [0.25, 0.3) is 0 Å². The molecule has 0 saturated heterocycles. The highest BCUT2D eigenvalue weighted by atomic mass is 32.1. The summed E-state index contributed by atoms with van der Waals surface area (Å²) in [6, 6.07) is 10.0. The maximum absolute atomic E-state index is 4.47. The van der Waals surface area contributed by atoms with Gasteiger partial charge in [-0.05, 0) is 6.92 Å². The van der Waals surface area contributed by atoms with E-state index in [9.17, 15) is 0 Å². The highest BCUT2D eigenvalue weighted by molar-refractivity contribution is 7.15. The molecule has 0 fully saturated rings. The molecule has 15 heavy (non-hydrogen) atoms. The van der Waals surface area contributed by atoms with Gasteiger partial charge in [0.15, 0.2) is 5.82 Å². The molecule has 1 aromatic carbocycles. The van der Waals surface area contributed by atoms with Crippen molar-refractivity contribution >= 4 is 16.3 Å². The molecule has 0 saturated carbocycles. The number of hydrogen-bond acceptors (Lipinski definition) is 3. The van der Waals surface area contributed by atoms with Crippen molar-refractivity contribution in [1.82, 2.24) is 14.6 Å². The number of fused-ring (bicyclic) bond motifs is 1. The van der Waals surface area contributed by atoms with Crippen LogP contribution in [0.4, 0.5) is 0 Å². The Bertz CT molecular complexity index is 595. The lowest BCUT2D eigenvalue weighted by Crippen LogP contribution is -1.86. The summed E-state index contributed by atoms with van der Waals surface area (Å²) in [4.78, 5) is 5.42. The van der Waals surface area contributed by atoms with E-state index in [4.69, 9.17) is 0 Å². The fraction of sp³-hybridized carbons (Fsp3) is 0.0909. The van der Waals surface area contributed by atoms with Crippen molar-refractivity contribution in [3.05, 3.63) is 41.4 Å². The molecule has 0 aliphatic heterocycles. The monoisotopic (exact) mass is 215 g/mol. The highest BCUT2D eigenvalue weighted by Crippen LogP contribution is 2.19. The minimum Gasteiger partial charge on any atom is -0.208 e. The van der Waals surface area contributed by atoms with Crippen LogP contribution in [0.3, 0.4) is 0 Å². The minimum atomic E-state index is 0.797. The first-order valence-electron chi connectivity index (χ1n) is 4.71. The maximum atomic E-state index is 4.47. The van der Waals surface area contributed by atoms with Gasteiger partial charge in [0, 0.05) is 10.9 Å². The highest BCUT2D eigenvalue weighted by Gasteiger charge is 2.08. The smallest absolute Gasteiger partial charge is 0.208 e. The van der Waals surface area contributed by atoms with Crippen molar-refractivity contribution in [2.75, 3.05) is 0 Å². The molecule has 0 N–H and O–H groups in total. The van der Waals surface area contributed by atoms with E-state index in [1.807, 2.05) is 41.8 Å². The first-order chi connectivity index (χ1) is 7.34. The average Bonchev–Trinajstić information content (AvgIpc) is 2.83. The van der Waals surface area contributed by atoms with E-state index in [1.54, 1.807) is 11.3 Å². The largest absolute Gasteiger partial charge is 0.212 e. The number of hydrogen-bond donors (Lipinski definition) is 0. The third-order valence-electron chi connectivity index (χ3n) is 2.28. The van der Waals surface area contributed by atoms with Crippen LogP contribution in [-0.4, -0.2) is 14.6 Å². The zero-order chi connectivity index (χ0) is 10.3. The van der Waals surface area contributed by atoms with Crippen molar-refractivity contribution in [1.29, 1.82) is 0 Å². The molecule has 3 rings (SSSR count). The van der Waals surface area contributed by atoms with Crippen molar-refractivity contribution in [3.63, 3.8) is 0 Å². The van der Waals surface area contributed by atoms with Gasteiger partial charge in [-0.3, -0.25) is 0 Å². The second kappa shape index (κ2) is 3.17. The Hall–Kier alpha value is -1.68. The Morgan fingerprint density at radius 2 is 2.00 bits per heavy atom. The van der Waals surface area contributed by atoms with Gasteiger partial charge in [-0.2, -0.15) is 4.98 Å². The van der Waals surface area contributed by atoms with Gasteiger partial charge in [0.05, 0.1) is 5.69 Å². The summed E-state index contributed by atoms with van der Waals surface area (Å²) in [5, 5.41) is 6.52. The van der Waals surface area contributed by atoms with Crippen LogP contribution in [0, 0.1) is 6.92 Å². The summed E-state index contributed by atoms with van der Waals surface area (Å²) in [5.41, 5.74) is 2.19. The first kappa shape index (κ1) is 8.61. The second-order valence-electron chi connectivity index (χ2n) is 3.37. The van der Waals surface area contributed by atoms with Gasteiger partial charge in [0.1, 0.15) is 0 Å². The molecule has 0 amide bonds. The Kier molecular flexibility index (Phi) is 1.82. The third kappa shape index (κ3) is 1.34. The van der Waals surface area contributed by atoms with Crippen LogP contribution in [0.15, 0.2) is 35.7 Å². The minimum absolute atomic E-state index is 0.797. The fourth-order valence-corrected chi connectivity index (χ4v) is 2.30. The lowest BCUT2D eigenvalue weighted by Gasteiger charge is -1.91. The van der Waals surface area contributed by atoms with Crippen LogP contribution in [-0.2, 0) is 0 Å². The van der Waals surface area contributed by atoms with Crippen LogP contribution in [0.5, 0.6) is 0 Å². The molecular weight excluding hydrogens is 206 g/mol. The average molecular weight is 215 g/mol. The number of thiazole rings is 1. The molecule has 2 heterocycles. The zero-order valence-electron chi connectivity index (χ0n) is 8.21. The van der Waals surface area contributed by atoms with Gasteiger partial charge < -0.3 is 0 Å². The number of aromatic nitrogens is 3. The molecule has 3 aromatic rings. The van der Waals surface area contributed by atoms with Crippen molar-refractivity contribution in [2.24, 2.45) is 0 Å². The van der Waals surface area contributed by atoms with E-state index < -0.39 is 0 Å². The second-order valence-corrected chi connectivity index (χ2v) is 4.21. The van der Waals surface area contributed by atoms with Crippen LogP contribution < -0.4 is 0 Å². The number of aryl methyl sites for hydroxylation is 1. The van der Waals surface area contributed by atoms with Crippen LogP contribution in [0.2, 0.25) is 0 Å². The third-order valence-corrected chi connectivity index (χ3v) is 3.21. The molecule has 3 nitrogen and oxygen atoms in total. The normalized spacial score (nSPS) is 11.0. The van der Waals surface area contributed by atoms with E-state index in [0.29, 0.717) is 0 Å². The summed E-state index contributed by atoms with van der Waals surface area (Å²) in [6.45, 7) is 2.03. The lowest BCUT2D eigenvalue weighted by molar-refractivity contribution is 0.936. The van der Waals surface area contributed by atoms with Gasteiger partial charge in [-0.15, -0.1) is 16.4 Å². The molecule has 0 unspecified atom stereocenters. The van der Waals surface area contributed by atoms with Gasteiger partial charge in [0.2, 0.25) is 4.96 Å². The molecule has 74 valence electrons. The standard InChI is InChI=1S/C11H9N3S/c1-8-7-15-11-12-10(13-14(8)11)9-5-3-2-4-6-9/h2-7H,1H3. The Balaban J connectivity index is 2.20. The van der Waals surface area contributed by atoms with Crippen molar-refractivity contribution < 1.29 is 0 Å². The Labute approximate surface area is 91.0 Å². The summed E-state index contributed by atoms with van der Waals surface area (Å²) in [7, 11) is 0. The Morgan fingerprint density at radius 1 is 1.20 bits per heavy atom. The molecule has 2 aromatic heterocycles. The van der Waals surface area contributed by atoms with Crippen molar-refractivity contribution in [2.45, 2.75) is 6.92 Å².